The Morgan fingerprint density at radius 2 is 1.55 bits per heavy atom. The van der Waals surface area contributed by atoms with Gasteiger partial charge in [0.05, 0.1) is 4.90 Å². The van der Waals surface area contributed by atoms with Gasteiger partial charge < -0.3 is 5.73 Å². The molecule has 0 aliphatic rings. The molecule has 0 saturated carbocycles. The lowest BCUT2D eigenvalue weighted by Gasteiger charge is -2.13. The van der Waals surface area contributed by atoms with E-state index in [0.29, 0.717) is 22.5 Å². The van der Waals surface area contributed by atoms with E-state index in [1.807, 2.05) is 0 Å². The van der Waals surface area contributed by atoms with Crippen LogP contribution in [-0.2, 0) is 10.0 Å². The predicted molar refractivity (Wildman–Crippen MR) is 85.3 cm³/mol. The minimum Gasteiger partial charge on any atom is -0.399 e. The van der Waals surface area contributed by atoms with Crippen LogP contribution in [0.2, 0.25) is 0 Å². The zero-order valence-electron chi connectivity index (χ0n) is 11.1. The Hall–Kier alpha value is -1.53. The molecule has 0 amide bonds. The summed E-state index contributed by atoms with van der Waals surface area (Å²) in [6.45, 7) is 3.47. The zero-order chi connectivity index (χ0) is 14.9. The first-order valence-corrected chi connectivity index (χ1v) is 8.22. The Kier molecular flexibility index (Phi) is 4.06. The van der Waals surface area contributed by atoms with Crippen LogP contribution >= 0.6 is 15.9 Å². The van der Waals surface area contributed by atoms with E-state index in [9.17, 15) is 8.42 Å². The van der Waals surface area contributed by atoms with Gasteiger partial charge in [0.15, 0.2) is 0 Å². The van der Waals surface area contributed by atoms with Gasteiger partial charge in [0.1, 0.15) is 0 Å². The van der Waals surface area contributed by atoms with Crippen molar-refractivity contribution < 1.29 is 8.42 Å². The summed E-state index contributed by atoms with van der Waals surface area (Å²) in [5, 5.41) is 0. The molecule has 0 saturated heterocycles. The van der Waals surface area contributed by atoms with Crippen molar-refractivity contribution >= 4 is 37.3 Å². The lowest BCUT2D eigenvalue weighted by Crippen LogP contribution is -2.16. The van der Waals surface area contributed by atoms with Crippen molar-refractivity contribution in [3.63, 3.8) is 0 Å². The van der Waals surface area contributed by atoms with E-state index in [-0.39, 0.29) is 4.90 Å². The van der Waals surface area contributed by atoms with Crippen LogP contribution in [0.1, 0.15) is 11.1 Å². The van der Waals surface area contributed by atoms with Gasteiger partial charge >= 0.3 is 0 Å². The monoisotopic (exact) mass is 354 g/mol. The number of aryl methyl sites for hydroxylation is 2. The molecule has 0 unspecified atom stereocenters. The summed E-state index contributed by atoms with van der Waals surface area (Å²) in [6.07, 6.45) is 0. The first-order valence-electron chi connectivity index (χ1n) is 5.95. The average Bonchev–Trinajstić information content (AvgIpc) is 2.30. The smallest absolute Gasteiger partial charge is 0.262 e. The summed E-state index contributed by atoms with van der Waals surface area (Å²) < 4.78 is 28.4. The second kappa shape index (κ2) is 5.46. The third kappa shape index (κ3) is 3.13. The predicted octanol–water partition coefficient (Wildman–Crippen LogP) is 3.45. The molecule has 2 rings (SSSR count). The van der Waals surface area contributed by atoms with Gasteiger partial charge in [-0.2, -0.15) is 0 Å². The molecule has 0 fully saturated rings. The van der Waals surface area contributed by atoms with E-state index in [1.54, 1.807) is 50.2 Å². The Labute approximate surface area is 127 Å². The van der Waals surface area contributed by atoms with Crippen molar-refractivity contribution in [3.8, 4) is 0 Å². The number of hydrogen-bond acceptors (Lipinski definition) is 3. The third-order valence-corrected chi connectivity index (χ3v) is 5.06. The summed E-state index contributed by atoms with van der Waals surface area (Å²) in [5.41, 5.74) is 8.06. The van der Waals surface area contributed by atoms with Crippen LogP contribution < -0.4 is 10.5 Å². The Morgan fingerprint density at radius 1 is 1.05 bits per heavy atom. The molecule has 0 aliphatic heterocycles. The quantitative estimate of drug-likeness (QED) is 0.829. The molecule has 0 heterocycles. The molecule has 6 heteroatoms. The van der Waals surface area contributed by atoms with Crippen molar-refractivity contribution in [2.75, 3.05) is 10.5 Å². The van der Waals surface area contributed by atoms with Crippen LogP contribution in [0.5, 0.6) is 0 Å². The van der Waals surface area contributed by atoms with Crippen LogP contribution in [0.4, 0.5) is 11.4 Å². The fraction of sp³-hybridized carbons (Fsp3) is 0.143. The van der Waals surface area contributed by atoms with Crippen molar-refractivity contribution in [3.05, 3.63) is 52.0 Å². The highest BCUT2D eigenvalue weighted by molar-refractivity contribution is 9.10. The highest BCUT2D eigenvalue weighted by Crippen LogP contribution is 2.25. The van der Waals surface area contributed by atoms with Crippen molar-refractivity contribution in [2.24, 2.45) is 0 Å². The molecule has 20 heavy (non-hydrogen) atoms. The maximum Gasteiger partial charge on any atom is 0.262 e. The topological polar surface area (TPSA) is 72.2 Å². The van der Waals surface area contributed by atoms with Gasteiger partial charge in [0, 0.05) is 15.8 Å². The molecule has 106 valence electrons. The lowest BCUT2D eigenvalue weighted by molar-refractivity contribution is 0.600. The lowest BCUT2D eigenvalue weighted by atomic mass is 10.1. The van der Waals surface area contributed by atoms with Gasteiger partial charge in [-0.3, -0.25) is 4.72 Å². The Morgan fingerprint density at radius 3 is 2.05 bits per heavy atom. The summed E-state index contributed by atoms with van der Waals surface area (Å²) in [7, 11) is -3.63. The van der Waals surface area contributed by atoms with Crippen LogP contribution in [0.15, 0.2) is 45.8 Å². The molecule has 2 aromatic rings. The van der Waals surface area contributed by atoms with Gasteiger partial charge in [-0.25, -0.2) is 8.42 Å². The number of nitrogen functional groups attached to an aromatic ring is 1. The fourth-order valence-electron chi connectivity index (χ4n) is 2.13. The zero-order valence-corrected chi connectivity index (χ0v) is 13.5. The minimum absolute atomic E-state index is 0.273. The molecule has 0 bridgehead atoms. The molecule has 0 radical (unpaired) electrons. The van der Waals surface area contributed by atoms with Crippen LogP contribution in [0.25, 0.3) is 0 Å². The van der Waals surface area contributed by atoms with E-state index < -0.39 is 10.0 Å². The Bertz CT molecular complexity index is 717. The largest absolute Gasteiger partial charge is 0.399 e. The number of rotatable bonds is 3. The summed E-state index contributed by atoms with van der Waals surface area (Å²) in [6, 6.07) is 10.3. The van der Waals surface area contributed by atoms with Crippen LogP contribution in [0, 0.1) is 13.8 Å². The molecule has 2 aromatic carbocycles. The molecular formula is C14H15BrN2O2S. The molecule has 0 atom stereocenters. The number of halogens is 1. The summed E-state index contributed by atoms with van der Waals surface area (Å²) in [5.74, 6) is 0. The average molecular weight is 355 g/mol. The minimum atomic E-state index is -3.63. The van der Waals surface area contributed by atoms with E-state index in [4.69, 9.17) is 5.73 Å². The van der Waals surface area contributed by atoms with Crippen molar-refractivity contribution in [2.45, 2.75) is 18.7 Å². The van der Waals surface area contributed by atoms with E-state index in [2.05, 4.69) is 20.7 Å². The number of nitrogens with one attached hydrogen (secondary N) is 1. The number of sulfonamides is 1. The normalized spacial score (nSPS) is 11.3. The molecular weight excluding hydrogens is 340 g/mol. The molecule has 0 aromatic heterocycles. The highest BCUT2D eigenvalue weighted by atomic mass is 79.9. The maximum absolute atomic E-state index is 12.5. The highest BCUT2D eigenvalue weighted by Gasteiger charge is 2.20. The van der Waals surface area contributed by atoms with Crippen molar-refractivity contribution in [1.82, 2.24) is 0 Å². The van der Waals surface area contributed by atoms with Crippen molar-refractivity contribution in [1.29, 1.82) is 0 Å². The first-order chi connectivity index (χ1) is 9.29. The second-order valence-corrected chi connectivity index (χ2v) is 7.13. The van der Waals surface area contributed by atoms with Crippen LogP contribution in [0.3, 0.4) is 0 Å². The number of nitrogens with two attached hydrogens (primary N) is 1. The molecule has 4 nitrogen and oxygen atoms in total. The number of hydrogen-bond donors (Lipinski definition) is 2. The maximum atomic E-state index is 12.5. The van der Waals surface area contributed by atoms with Gasteiger partial charge in [0.25, 0.3) is 10.0 Å². The second-order valence-electron chi connectivity index (χ2n) is 4.60. The molecule has 3 N–H and O–H groups in total. The standard InChI is InChI=1S/C14H15BrN2O2S/c1-9-7-12(16)8-10(2)14(9)20(18,19)17-13-5-3-11(15)4-6-13/h3-8,17H,16H2,1-2H3. The molecule has 0 aliphatic carbocycles. The number of anilines is 2. The third-order valence-electron chi connectivity index (χ3n) is 2.85. The van der Waals surface area contributed by atoms with E-state index in [1.165, 1.54) is 0 Å². The summed E-state index contributed by atoms with van der Waals surface area (Å²) >= 11 is 3.31. The van der Waals surface area contributed by atoms with Gasteiger partial charge in [-0.1, -0.05) is 15.9 Å². The fourth-order valence-corrected chi connectivity index (χ4v) is 3.91. The Balaban J connectivity index is 2.43. The van der Waals surface area contributed by atoms with Crippen LogP contribution in [-0.4, -0.2) is 8.42 Å². The van der Waals surface area contributed by atoms with E-state index in [0.717, 1.165) is 4.47 Å². The molecule has 0 spiro atoms. The van der Waals surface area contributed by atoms with Gasteiger partial charge in [-0.15, -0.1) is 0 Å². The number of benzene rings is 2. The van der Waals surface area contributed by atoms with E-state index >= 15 is 0 Å². The van der Waals surface area contributed by atoms with Gasteiger partial charge in [0.2, 0.25) is 0 Å². The first kappa shape index (κ1) is 14.9. The van der Waals surface area contributed by atoms with Gasteiger partial charge in [-0.05, 0) is 61.4 Å². The SMILES string of the molecule is Cc1cc(N)cc(C)c1S(=O)(=O)Nc1ccc(Br)cc1. The summed E-state index contributed by atoms with van der Waals surface area (Å²) in [4.78, 5) is 0.273.